The van der Waals surface area contributed by atoms with Crippen LogP contribution < -0.4 is 10.1 Å². The molecular formula is C22H27NO3. The molecule has 1 aliphatic rings. The van der Waals surface area contributed by atoms with Crippen molar-refractivity contribution in [1.82, 2.24) is 5.32 Å². The highest BCUT2D eigenvalue weighted by molar-refractivity contribution is 5.68. The Bertz CT molecular complexity index is 780. The zero-order valence-corrected chi connectivity index (χ0v) is 15.7. The molecule has 2 aromatic carbocycles. The normalized spacial score (nSPS) is 18.0. The van der Waals surface area contributed by atoms with Crippen LogP contribution in [0, 0.1) is 5.41 Å². The van der Waals surface area contributed by atoms with Crippen LogP contribution in [0.3, 0.4) is 0 Å². The minimum atomic E-state index is -0.970. The first-order chi connectivity index (χ1) is 12.4. The molecule has 138 valence electrons. The molecule has 3 rings (SSSR count). The predicted octanol–water partition coefficient (Wildman–Crippen LogP) is 5.42. The van der Waals surface area contributed by atoms with E-state index in [4.69, 9.17) is 4.74 Å². The number of hydrogen-bond donors (Lipinski definition) is 2. The maximum absolute atomic E-state index is 11.2. The number of nitrogens with one attached hydrogen (secondary N) is 1. The van der Waals surface area contributed by atoms with Crippen molar-refractivity contribution in [2.45, 2.75) is 46.1 Å². The van der Waals surface area contributed by atoms with Gasteiger partial charge < -0.3 is 15.2 Å². The van der Waals surface area contributed by atoms with Gasteiger partial charge in [0, 0.05) is 0 Å². The molecule has 0 saturated heterocycles. The molecule has 0 heterocycles. The van der Waals surface area contributed by atoms with Crippen molar-refractivity contribution in [3.63, 3.8) is 0 Å². The summed E-state index contributed by atoms with van der Waals surface area (Å²) in [5.74, 6) is 0.890. The Labute approximate surface area is 155 Å². The van der Waals surface area contributed by atoms with E-state index in [1.165, 1.54) is 5.56 Å². The van der Waals surface area contributed by atoms with Crippen LogP contribution in [0.2, 0.25) is 0 Å². The number of carboxylic acid groups (broad SMARTS) is 1. The van der Waals surface area contributed by atoms with E-state index in [9.17, 15) is 9.90 Å². The van der Waals surface area contributed by atoms with Crippen molar-refractivity contribution in [1.29, 1.82) is 0 Å². The van der Waals surface area contributed by atoms with Crippen molar-refractivity contribution in [3.8, 4) is 16.9 Å². The summed E-state index contributed by atoms with van der Waals surface area (Å²) >= 11 is 0. The highest BCUT2D eigenvalue weighted by Crippen LogP contribution is 2.44. The molecule has 0 fully saturated rings. The number of hydrogen-bond acceptors (Lipinski definition) is 2. The van der Waals surface area contributed by atoms with Crippen LogP contribution in [0.4, 0.5) is 4.79 Å². The van der Waals surface area contributed by atoms with Gasteiger partial charge in [-0.05, 0) is 59.1 Å². The second-order valence-corrected chi connectivity index (χ2v) is 7.66. The summed E-state index contributed by atoms with van der Waals surface area (Å²) in [7, 11) is 0. The monoisotopic (exact) mass is 353 g/mol. The second-order valence-electron chi connectivity index (χ2n) is 7.66. The molecule has 0 spiro atoms. The maximum atomic E-state index is 11.2. The van der Waals surface area contributed by atoms with E-state index in [2.05, 4.69) is 56.4 Å². The summed E-state index contributed by atoms with van der Waals surface area (Å²) in [5, 5.41) is 11.9. The van der Waals surface area contributed by atoms with Gasteiger partial charge in [-0.1, -0.05) is 51.1 Å². The molecule has 0 radical (unpaired) electrons. The minimum Gasteiger partial charge on any atom is -0.494 e. The van der Waals surface area contributed by atoms with Gasteiger partial charge in [-0.3, -0.25) is 0 Å². The lowest BCUT2D eigenvalue weighted by Gasteiger charge is -2.40. The molecule has 0 aliphatic heterocycles. The third-order valence-corrected chi connectivity index (χ3v) is 5.20. The van der Waals surface area contributed by atoms with Crippen molar-refractivity contribution in [2.24, 2.45) is 5.41 Å². The van der Waals surface area contributed by atoms with Crippen LogP contribution in [-0.4, -0.2) is 17.8 Å². The first-order valence-electron chi connectivity index (χ1n) is 9.26. The van der Waals surface area contributed by atoms with Gasteiger partial charge in [0.05, 0.1) is 12.6 Å². The molecule has 1 amide bonds. The van der Waals surface area contributed by atoms with Crippen molar-refractivity contribution in [2.75, 3.05) is 6.61 Å². The van der Waals surface area contributed by atoms with Gasteiger partial charge in [-0.2, -0.15) is 0 Å². The Morgan fingerprint density at radius 1 is 1.19 bits per heavy atom. The first-order valence-corrected chi connectivity index (χ1v) is 9.26. The molecule has 4 heteroatoms. The molecule has 0 bridgehead atoms. The Kier molecular flexibility index (Phi) is 5.21. The van der Waals surface area contributed by atoms with Crippen LogP contribution in [0.5, 0.6) is 5.75 Å². The molecule has 2 aromatic rings. The highest BCUT2D eigenvalue weighted by atomic mass is 16.5. The zero-order valence-electron chi connectivity index (χ0n) is 15.7. The lowest BCUT2D eigenvalue weighted by atomic mass is 9.70. The largest absolute Gasteiger partial charge is 0.494 e. The molecule has 1 atom stereocenters. The summed E-state index contributed by atoms with van der Waals surface area (Å²) < 4.78 is 5.65. The fraction of sp³-hybridized carbons (Fsp3) is 0.409. The fourth-order valence-electron chi connectivity index (χ4n) is 3.67. The quantitative estimate of drug-likeness (QED) is 0.754. The number of ether oxygens (including phenoxy) is 1. The smallest absolute Gasteiger partial charge is 0.405 e. The van der Waals surface area contributed by atoms with E-state index in [1.54, 1.807) is 0 Å². The minimum absolute atomic E-state index is 0.0921. The van der Waals surface area contributed by atoms with Gasteiger partial charge in [0.25, 0.3) is 0 Å². The lowest BCUT2D eigenvalue weighted by Crippen LogP contribution is -2.40. The average molecular weight is 353 g/mol. The molecule has 1 aliphatic carbocycles. The van der Waals surface area contributed by atoms with Gasteiger partial charge in [0.1, 0.15) is 5.75 Å². The third-order valence-electron chi connectivity index (χ3n) is 5.20. The van der Waals surface area contributed by atoms with Crippen molar-refractivity contribution >= 4 is 6.09 Å². The lowest BCUT2D eigenvalue weighted by molar-refractivity contribution is 0.161. The standard InChI is InChI=1S/C22H27NO3/c1-4-13-26-18-8-5-15(6-9-18)16-7-10-19-17(14-16)11-12-22(2,3)20(19)23-21(24)25/h5-10,14,20,23H,4,11-13H2,1-3H3,(H,24,25)/t20-/m0/s1. The molecule has 4 nitrogen and oxygen atoms in total. The third kappa shape index (κ3) is 3.85. The van der Waals surface area contributed by atoms with E-state index in [1.807, 2.05) is 12.1 Å². The topological polar surface area (TPSA) is 58.6 Å². The second kappa shape index (κ2) is 7.40. The maximum Gasteiger partial charge on any atom is 0.405 e. The van der Waals surface area contributed by atoms with Gasteiger partial charge in [-0.15, -0.1) is 0 Å². The summed E-state index contributed by atoms with van der Waals surface area (Å²) in [4.78, 5) is 11.2. The summed E-state index contributed by atoms with van der Waals surface area (Å²) in [6.45, 7) is 7.07. The number of benzene rings is 2. The molecule has 0 aromatic heterocycles. The first kappa shape index (κ1) is 18.3. The van der Waals surface area contributed by atoms with Crippen LogP contribution in [0.1, 0.15) is 50.8 Å². The fourth-order valence-corrected chi connectivity index (χ4v) is 3.67. The molecule has 2 N–H and O–H groups in total. The van der Waals surface area contributed by atoms with Gasteiger partial charge in [0.15, 0.2) is 0 Å². The predicted molar refractivity (Wildman–Crippen MR) is 104 cm³/mol. The van der Waals surface area contributed by atoms with E-state index in [-0.39, 0.29) is 11.5 Å². The zero-order chi connectivity index (χ0) is 18.7. The summed E-state index contributed by atoms with van der Waals surface area (Å²) in [5.41, 5.74) is 4.52. The van der Waals surface area contributed by atoms with E-state index in [0.29, 0.717) is 0 Å². The van der Waals surface area contributed by atoms with Crippen molar-refractivity contribution < 1.29 is 14.6 Å². The Balaban J connectivity index is 1.88. The summed E-state index contributed by atoms with van der Waals surface area (Å²) in [6, 6.07) is 14.3. The van der Waals surface area contributed by atoms with Crippen LogP contribution in [0.15, 0.2) is 42.5 Å². The number of rotatable bonds is 5. The number of carbonyl (C=O) groups is 1. The van der Waals surface area contributed by atoms with Crippen LogP contribution in [0.25, 0.3) is 11.1 Å². The molecule has 26 heavy (non-hydrogen) atoms. The van der Waals surface area contributed by atoms with Crippen LogP contribution >= 0.6 is 0 Å². The Morgan fingerprint density at radius 2 is 1.88 bits per heavy atom. The van der Waals surface area contributed by atoms with Gasteiger partial charge in [0.2, 0.25) is 0 Å². The molecular weight excluding hydrogens is 326 g/mol. The van der Waals surface area contributed by atoms with Gasteiger partial charge in [-0.25, -0.2) is 4.79 Å². The van der Waals surface area contributed by atoms with E-state index in [0.717, 1.165) is 48.3 Å². The van der Waals surface area contributed by atoms with Crippen molar-refractivity contribution in [3.05, 3.63) is 53.6 Å². The number of fused-ring (bicyclic) bond motifs is 1. The van der Waals surface area contributed by atoms with Gasteiger partial charge >= 0.3 is 6.09 Å². The van der Waals surface area contributed by atoms with Crippen LogP contribution in [-0.2, 0) is 6.42 Å². The Morgan fingerprint density at radius 3 is 2.54 bits per heavy atom. The average Bonchev–Trinajstić information content (AvgIpc) is 2.62. The summed E-state index contributed by atoms with van der Waals surface area (Å²) in [6.07, 6.45) is 1.95. The number of amides is 1. The highest BCUT2D eigenvalue weighted by Gasteiger charge is 2.36. The number of aryl methyl sites for hydroxylation is 1. The van der Waals surface area contributed by atoms with E-state index < -0.39 is 6.09 Å². The Hall–Kier alpha value is -2.49. The SMILES string of the molecule is CCCOc1ccc(-c2ccc3c(c2)CCC(C)(C)[C@H]3NC(=O)O)cc1. The molecule has 0 unspecified atom stereocenters. The molecule has 0 saturated carbocycles. The van der Waals surface area contributed by atoms with E-state index >= 15 is 0 Å².